The number of carboxylic acid groups (broad SMARTS) is 1. The molecule has 0 radical (unpaired) electrons. The van der Waals surface area contributed by atoms with Gasteiger partial charge in [0.2, 0.25) is 0 Å². The van der Waals surface area contributed by atoms with Crippen LogP contribution in [0.2, 0.25) is 0 Å². The molecule has 2 unspecified atom stereocenters. The lowest BCUT2D eigenvalue weighted by Crippen LogP contribution is -2.55. The van der Waals surface area contributed by atoms with Gasteiger partial charge in [0.15, 0.2) is 6.29 Å². The van der Waals surface area contributed by atoms with Gasteiger partial charge in [-0.1, -0.05) is 6.08 Å². The monoisotopic (exact) mass is 280 g/mol. The second-order valence-electron chi connectivity index (χ2n) is 5.28. The third kappa shape index (κ3) is 2.53. The fourth-order valence-corrected chi connectivity index (χ4v) is 3.17. The molecule has 6 heteroatoms. The maximum Gasteiger partial charge on any atom is 0.407 e. The number of allylic oxidation sites excluding steroid dienone is 2. The summed E-state index contributed by atoms with van der Waals surface area (Å²) in [5.41, 5.74) is 0.989. The molecule has 0 aromatic heterocycles. The molecule has 6 nitrogen and oxygen atoms in total. The number of hydrogen-bond acceptors (Lipinski definition) is 4. The van der Waals surface area contributed by atoms with Gasteiger partial charge >= 0.3 is 6.09 Å². The van der Waals surface area contributed by atoms with E-state index in [9.17, 15) is 9.90 Å². The Hall–Kier alpha value is -1.53. The lowest BCUT2D eigenvalue weighted by Gasteiger charge is -2.41. The van der Waals surface area contributed by atoms with Gasteiger partial charge in [-0.15, -0.1) is 0 Å². The highest BCUT2D eigenvalue weighted by Crippen LogP contribution is 2.28. The van der Waals surface area contributed by atoms with Gasteiger partial charge in [-0.25, -0.2) is 4.79 Å². The van der Waals surface area contributed by atoms with Crippen LogP contribution in [0.4, 0.5) is 4.79 Å². The Balaban J connectivity index is 1.81. The van der Waals surface area contributed by atoms with E-state index in [1.165, 1.54) is 0 Å². The fraction of sp³-hybridized carbons (Fsp3) is 0.643. The predicted molar refractivity (Wildman–Crippen MR) is 72.2 cm³/mol. The Bertz CT molecular complexity index is 429. The van der Waals surface area contributed by atoms with E-state index in [-0.39, 0.29) is 18.4 Å². The third-order valence-corrected chi connectivity index (χ3v) is 4.09. The van der Waals surface area contributed by atoms with Crippen LogP contribution < -0.4 is 5.32 Å². The van der Waals surface area contributed by atoms with Crippen LogP contribution in [0.1, 0.15) is 19.3 Å². The molecule has 0 aromatic rings. The van der Waals surface area contributed by atoms with Gasteiger partial charge < -0.3 is 24.8 Å². The van der Waals surface area contributed by atoms with E-state index in [1.54, 1.807) is 4.90 Å². The van der Waals surface area contributed by atoms with Crippen molar-refractivity contribution in [1.82, 2.24) is 10.2 Å². The summed E-state index contributed by atoms with van der Waals surface area (Å²) in [6, 6.07) is -0.134. The Labute approximate surface area is 118 Å². The van der Waals surface area contributed by atoms with Crippen LogP contribution >= 0.6 is 0 Å². The Morgan fingerprint density at radius 2 is 2.15 bits per heavy atom. The van der Waals surface area contributed by atoms with Crippen molar-refractivity contribution in [3.8, 4) is 0 Å². The van der Waals surface area contributed by atoms with Crippen LogP contribution in [-0.4, -0.2) is 54.2 Å². The topological polar surface area (TPSA) is 71.0 Å². The summed E-state index contributed by atoms with van der Waals surface area (Å²) in [6.07, 6.45) is 7.39. The lowest BCUT2D eigenvalue weighted by molar-refractivity contribution is -0.0206. The van der Waals surface area contributed by atoms with Crippen molar-refractivity contribution in [2.45, 2.75) is 37.6 Å². The van der Waals surface area contributed by atoms with Crippen LogP contribution in [0.3, 0.4) is 0 Å². The fourth-order valence-electron chi connectivity index (χ4n) is 3.17. The number of nitrogens with zero attached hydrogens (tertiary/aromatic N) is 1. The van der Waals surface area contributed by atoms with Crippen LogP contribution in [-0.2, 0) is 9.47 Å². The number of amides is 1. The molecule has 110 valence electrons. The molecular formula is C14H20N2O4. The summed E-state index contributed by atoms with van der Waals surface area (Å²) in [4.78, 5) is 13.0. The van der Waals surface area contributed by atoms with Gasteiger partial charge in [0.25, 0.3) is 0 Å². The summed E-state index contributed by atoms with van der Waals surface area (Å²) < 4.78 is 11.2. The minimum Gasteiger partial charge on any atom is -0.465 e. The first-order chi connectivity index (χ1) is 9.77. The average Bonchev–Trinajstić information content (AvgIpc) is 3.01. The minimum absolute atomic E-state index is 0.0646. The number of piperidine rings is 1. The molecule has 20 heavy (non-hydrogen) atoms. The number of carbonyl (C=O) groups is 1. The van der Waals surface area contributed by atoms with Crippen molar-refractivity contribution in [3.05, 3.63) is 23.9 Å². The Morgan fingerprint density at radius 1 is 1.35 bits per heavy atom. The van der Waals surface area contributed by atoms with E-state index in [0.29, 0.717) is 19.8 Å². The molecular weight excluding hydrogens is 260 g/mol. The largest absolute Gasteiger partial charge is 0.465 e. The standard InChI is InChI=1S/C14H20N2O4/c17-14(18)16-7-2-1-5-11(16)12-10(4-3-6-15-12)13-19-8-9-20-13/h3-4,6,11-13,15H,1-2,5,7-9H2,(H,17,18). The molecule has 0 aromatic carbocycles. The van der Waals surface area contributed by atoms with Gasteiger partial charge in [-0.2, -0.15) is 0 Å². The molecule has 0 saturated carbocycles. The molecule has 0 bridgehead atoms. The first kappa shape index (κ1) is 13.5. The van der Waals surface area contributed by atoms with Crippen molar-refractivity contribution >= 4 is 6.09 Å². The Kier molecular flexibility index (Phi) is 3.93. The molecule has 3 heterocycles. The molecule has 0 aliphatic carbocycles. The van der Waals surface area contributed by atoms with E-state index in [1.807, 2.05) is 18.4 Å². The number of likely N-dealkylation sites (tertiary alicyclic amines) is 1. The zero-order valence-electron chi connectivity index (χ0n) is 11.3. The van der Waals surface area contributed by atoms with Gasteiger partial charge in [0.1, 0.15) is 0 Å². The van der Waals surface area contributed by atoms with Crippen molar-refractivity contribution in [1.29, 1.82) is 0 Å². The highest BCUT2D eigenvalue weighted by atomic mass is 16.7. The summed E-state index contributed by atoms with van der Waals surface area (Å²) in [7, 11) is 0. The van der Waals surface area contributed by atoms with Crippen LogP contribution in [0.5, 0.6) is 0 Å². The maximum atomic E-state index is 11.4. The lowest BCUT2D eigenvalue weighted by atomic mass is 9.89. The summed E-state index contributed by atoms with van der Waals surface area (Å²) in [5.74, 6) is 0. The molecule has 0 spiro atoms. The normalized spacial score (nSPS) is 31.0. The highest BCUT2D eigenvalue weighted by Gasteiger charge is 2.38. The smallest absolute Gasteiger partial charge is 0.407 e. The van der Waals surface area contributed by atoms with Crippen molar-refractivity contribution in [2.75, 3.05) is 19.8 Å². The molecule has 2 saturated heterocycles. The van der Waals surface area contributed by atoms with Crippen molar-refractivity contribution < 1.29 is 19.4 Å². The van der Waals surface area contributed by atoms with Crippen LogP contribution in [0.25, 0.3) is 0 Å². The number of dihydropyridines is 1. The van der Waals surface area contributed by atoms with E-state index >= 15 is 0 Å². The van der Waals surface area contributed by atoms with Gasteiger partial charge in [-0.05, 0) is 31.5 Å². The SMILES string of the molecule is O=C(O)N1CCCCC1C1NC=CC=C1C1OCCO1. The van der Waals surface area contributed by atoms with E-state index in [2.05, 4.69) is 5.32 Å². The number of hydrogen-bond donors (Lipinski definition) is 2. The highest BCUT2D eigenvalue weighted by molar-refractivity contribution is 5.66. The molecule has 2 fully saturated rings. The van der Waals surface area contributed by atoms with Crippen LogP contribution in [0.15, 0.2) is 23.9 Å². The number of rotatable bonds is 2. The summed E-state index contributed by atoms with van der Waals surface area (Å²) in [6.45, 7) is 1.78. The zero-order valence-corrected chi connectivity index (χ0v) is 11.3. The third-order valence-electron chi connectivity index (χ3n) is 4.09. The summed E-state index contributed by atoms with van der Waals surface area (Å²) in [5, 5.41) is 12.7. The van der Waals surface area contributed by atoms with E-state index in [4.69, 9.17) is 9.47 Å². The number of nitrogens with one attached hydrogen (secondary N) is 1. The molecule has 2 atom stereocenters. The van der Waals surface area contributed by atoms with Crippen molar-refractivity contribution in [3.63, 3.8) is 0 Å². The second-order valence-corrected chi connectivity index (χ2v) is 5.28. The predicted octanol–water partition coefficient (Wildman–Crippen LogP) is 1.30. The van der Waals surface area contributed by atoms with Gasteiger partial charge in [-0.3, -0.25) is 0 Å². The van der Waals surface area contributed by atoms with Crippen LogP contribution in [0, 0.1) is 0 Å². The van der Waals surface area contributed by atoms with E-state index in [0.717, 1.165) is 24.8 Å². The minimum atomic E-state index is -0.848. The first-order valence-electron chi connectivity index (χ1n) is 7.13. The molecule has 1 amide bonds. The maximum absolute atomic E-state index is 11.4. The molecule has 3 rings (SSSR count). The quantitative estimate of drug-likeness (QED) is 0.798. The van der Waals surface area contributed by atoms with Crippen molar-refractivity contribution in [2.24, 2.45) is 0 Å². The first-order valence-corrected chi connectivity index (χ1v) is 7.13. The summed E-state index contributed by atoms with van der Waals surface area (Å²) >= 11 is 0. The van der Waals surface area contributed by atoms with E-state index < -0.39 is 6.09 Å². The number of ether oxygens (including phenoxy) is 2. The average molecular weight is 280 g/mol. The molecule has 3 aliphatic rings. The molecule has 3 aliphatic heterocycles. The second kappa shape index (κ2) is 5.85. The van der Waals surface area contributed by atoms with Gasteiger partial charge in [0, 0.05) is 12.1 Å². The zero-order chi connectivity index (χ0) is 13.9. The Morgan fingerprint density at radius 3 is 2.90 bits per heavy atom. The van der Waals surface area contributed by atoms with Gasteiger partial charge in [0.05, 0.1) is 25.3 Å². The molecule has 2 N–H and O–H groups in total.